The number of piperazine rings is 1. The van der Waals surface area contributed by atoms with Crippen LogP contribution in [0.4, 0.5) is 10.1 Å². The summed E-state index contributed by atoms with van der Waals surface area (Å²) in [6.45, 7) is 4.24. The summed E-state index contributed by atoms with van der Waals surface area (Å²) in [6.07, 6.45) is 4.13. The van der Waals surface area contributed by atoms with Crippen LogP contribution in [0.5, 0.6) is 0 Å². The lowest BCUT2D eigenvalue weighted by Gasteiger charge is -2.40. The first-order chi connectivity index (χ1) is 19.1. The molecule has 0 aliphatic carbocycles. The summed E-state index contributed by atoms with van der Waals surface area (Å²) in [5.41, 5.74) is 8.24. The summed E-state index contributed by atoms with van der Waals surface area (Å²) >= 11 is 6.11. The summed E-state index contributed by atoms with van der Waals surface area (Å²) in [5, 5.41) is 6.80. The molecule has 0 unspecified atom stereocenters. The molecule has 2 aliphatic heterocycles. The van der Waals surface area contributed by atoms with Crippen LogP contribution in [0.25, 0.3) is 0 Å². The number of sulfonamides is 1. The SMILES string of the molecule is CC[C@H]1CNC[C@H](CCc2c(F)cccc2NC(=O)[C@@H](N)[C@@H](c2ccc(Cl)cc2)C2CCOCC2)N1S(C)(=O)=O. The molecule has 4 N–H and O–H groups in total. The number of nitrogens with one attached hydrogen (secondary N) is 2. The number of nitrogens with zero attached hydrogens (tertiary/aromatic N) is 1. The van der Waals surface area contributed by atoms with Gasteiger partial charge in [-0.05, 0) is 67.9 Å². The molecule has 2 saturated heterocycles. The Morgan fingerprint density at radius 3 is 2.50 bits per heavy atom. The Labute approximate surface area is 241 Å². The predicted octanol–water partition coefficient (Wildman–Crippen LogP) is 3.90. The van der Waals surface area contributed by atoms with Crippen LogP contribution in [-0.4, -0.2) is 69.3 Å². The lowest BCUT2D eigenvalue weighted by Crippen LogP contribution is -2.58. The van der Waals surface area contributed by atoms with Gasteiger partial charge in [-0.2, -0.15) is 4.31 Å². The molecule has 0 bridgehead atoms. The molecule has 2 fully saturated rings. The monoisotopic (exact) mass is 594 g/mol. The first-order valence-electron chi connectivity index (χ1n) is 14.0. The molecular weight excluding hydrogens is 555 g/mol. The summed E-state index contributed by atoms with van der Waals surface area (Å²) < 4.78 is 47.4. The molecule has 4 atom stereocenters. The Morgan fingerprint density at radius 1 is 1.18 bits per heavy atom. The topological polar surface area (TPSA) is 114 Å². The quantitative estimate of drug-likeness (QED) is 0.384. The molecule has 2 aromatic rings. The van der Waals surface area contributed by atoms with E-state index in [1.54, 1.807) is 28.6 Å². The number of halogens is 2. The zero-order valence-corrected chi connectivity index (χ0v) is 24.7. The van der Waals surface area contributed by atoms with E-state index in [0.717, 1.165) is 18.4 Å². The number of anilines is 1. The molecule has 2 aliphatic rings. The zero-order valence-electron chi connectivity index (χ0n) is 23.1. The van der Waals surface area contributed by atoms with Gasteiger partial charge in [0.25, 0.3) is 0 Å². The van der Waals surface area contributed by atoms with Gasteiger partial charge >= 0.3 is 0 Å². The summed E-state index contributed by atoms with van der Waals surface area (Å²) in [7, 11) is -3.44. The zero-order chi connectivity index (χ0) is 28.9. The highest BCUT2D eigenvalue weighted by Crippen LogP contribution is 2.35. The van der Waals surface area contributed by atoms with E-state index in [9.17, 15) is 13.2 Å². The van der Waals surface area contributed by atoms with Crippen molar-refractivity contribution in [3.05, 3.63) is 64.4 Å². The van der Waals surface area contributed by atoms with Crippen molar-refractivity contribution >= 4 is 33.2 Å². The van der Waals surface area contributed by atoms with Gasteiger partial charge in [0.1, 0.15) is 5.82 Å². The molecule has 2 aromatic carbocycles. The van der Waals surface area contributed by atoms with Crippen molar-refractivity contribution in [3.63, 3.8) is 0 Å². The molecule has 40 heavy (non-hydrogen) atoms. The minimum atomic E-state index is -3.44. The van der Waals surface area contributed by atoms with Gasteiger partial charge in [-0.15, -0.1) is 0 Å². The highest BCUT2D eigenvalue weighted by Gasteiger charge is 2.37. The van der Waals surface area contributed by atoms with Crippen molar-refractivity contribution in [1.29, 1.82) is 0 Å². The predicted molar refractivity (Wildman–Crippen MR) is 156 cm³/mol. The van der Waals surface area contributed by atoms with Crippen LogP contribution in [0, 0.1) is 11.7 Å². The summed E-state index contributed by atoms with van der Waals surface area (Å²) in [6, 6.07) is 10.6. The van der Waals surface area contributed by atoms with Crippen molar-refractivity contribution < 1.29 is 22.3 Å². The number of ether oxygens (including phenoxy) is 1. The van der Waals surface area contributed by atoms with Crippen molar-refractivity contribution in [2.75, 3.05) is 37.9 Å². The van der Waals surface area contributed by atoms with Gasteiger partial charge in [0, 0.05) is 60.6 Å². The maximum atomic E-state index is 15.1. The maximum absolute atomic E-state index is 15.1. The summed E-state index contributed by atoms with van der Waals surface area (Å²) in [4.78, 5) is 13.6. The van der Waals surface area contributed by atoms with E-state index in [0.29, 0.717) is 55.4 Å². The summed E-state index contributed by atoms with van der Waals surface area (Å²) in [5.74, 6) is -0.969. The number of hydrogen-bond donors (Lipinski definition) is 3. The van der Waals surface area contributed by atoms with E-state index in [2.05, 4.69) is 10.6 Å². The molecule has 0 saturated carbocycles. The lowest BCUT2D eigenvalue weighted by atomic mass is 9.76. The first kappa shape index (κ1) is 30.9. The number of hydrogen-bond acceptors (Lipinski definition) is 6. The molecule has 4 rings (SSSR count). The average molecular weight is 595 g/mol. The van der Waals surface area contributed by atoms with Crippen LogP contribution in [0.2, 0.25) is 5.02 Å². The van der Waals surface area contributed by atoms with Crippen LogP contribution in [0.3, 0.4) is 0 Å². The van der Waals surface area contributed by atoms with Gasteiger partial charge < -0.3 is 21.1 Å². The van der Waals surface area contributed by atoms with Gasteiger partial charge in [-0.25, -0.2) is 12.8 Å². The first-order valence-corrected chi connectivity index (χ1v) is 16.2. The maximum Gasteiger partial charge on any atom is 0.241 e. The van der Waals surface area contributed by atoms with Gasteiger partial charge in [-0.1, -0.05) is 36.7 Å². The molecule has 0 aromatic heterocycles. The van der Waals surface area contributed by atoms with Crippen LogP contribution in [0.15, 0.2) is 42.5 Å². The lowest BCUT2D eigenvalue weighted by molar-refractivity contribution is -0.118. The second-order valence-corrected chi connectivity index (χ2v) is 13.1. The Balaban J connectivity index is 1.53. The molecule has 220 valence electrons. The molecule has 8 nitrogen and oxygen atoms in total. The Kier molecular flexibility index (Phi) is 10.6. The molecule has 0 radical (unpaired) electrons. The van der Waals surface area contributed by atoms with Crippen molar-refractivity contribution in [2.24, 2.45) is 11.7 Å². The fourth-order valence-corrected chi connectivity index (χ4v) is 7.76. The van der Waals surface area contributed by atoms with Crippen molar-refractivity contribution in [2.45, 2.75) is 63.1 Å². The van der Waals surface area contributed by atoms with Gasteiger partial charge in [0.15, 0.2) is 0 Å². The second-order valence-electron chi connectivity index (χ2n) is 10.8. The normalized spacial score (nSPS) is 22.5. The average Bonchev–Trinajstić information content (AvgIpc) is 2.93. The fraction of sp³-hybridized carbons (Fsp3) is 0.552. The second kappa shape index (κ2) is 13.7. The van der Waals surface area contributed by atoms with Gasteiger partial charge in [-0.3, -0.25) is 4.79 Å². The van der Waals surface area contributed by atoms with Crippen LogP contribution in [0.1, 0.15) is 49.7 Å². The van der Waals surface area contributed by atoms with Gasteiger partial charge in [0.05, 0.1) is 12.3 Å². The van der Waals surface area contributed by atoms with Crippen molar-refractivity contribution in [1.82, 2.24) is 9.62 Å². The van der Waals surface area contributed by atoms with E-state index >= 15 is 4.39 Å². The van der Waals surface area contributed by atoms with Crippen LogP contribution < -0.4 is 16.4 Å². The smallest absolute Gasteiger partial charge is 0.241 e. The molecular formula is C29H40ClFN4O4S. The number of rotatable bonds is 10. The van der Waals surface area contributed by atoms with E-state index in [-0.39, 0.29) is 30.3 Å². The van der Waals surface area contributed by atoms with E-state index in [4.69, 9.17) is 22.1 Å². The standard InChI is InChI=1S/C29H40ClFN4O4S/c1-3-22-17-33-18-23(35(22)40(2,37)38)11-12-24-25(31)5-4-6-26(24)34-29(36)28(32)27(20-13-15-39-16-14-20)19-7-9-21(30)10-8-19/h4-10,20,22-23,27-28,33H,3,11-18,32H2,1-2H3,(H,34,36)/t22-,23-,27-,28-/m0/s1. The third-order valence-electron chi connectivity index (χ3n) is 8.16. The van der Waals surface area contributed by atoms with Gasteiger partial charge in [0.2, 0.25) is 15.9 Å². The Bertz CT molecular complexity index is 1260. The molecule has 1 amide bonds. The van der Waals surface area contributed by atoms with Crippen molar-refractivity contribution in [3.8, 4) is 0 Å². The van der Waals surface area contributed by atoms with Crippen LogP contribution >= 0.6 is 11.6 Å². The largest absolute Gasteiger partial charge is 0.381 e. The Morgan fingerprint density at radius 2 is 1.85 bits per heavy atom. The van der Waals surface area contributed by atoms with E-state index < -0.39 is 27.8 Å². The van der Waals surface area contributed by atoms with E-state index in [1.807, 2.05) is 19.1 Å². The number of amides is 1. The minimum Gasteiger partial charge on any atom is -0.381 e. The molecule has 0 spiro atoms. The number of carbonyl (C=O) groups excluding carboxylic acids is 1. The number of benzene rings is 2. The minimum absolute atomic E-state index is 0.148. The third-order valence-corrected chi connectivity index (χ3v) is 9.77. The number of carbonyl (C=O) groups is 1. The molecule has 2 heterocycles. The van der Waals surface area contributed by atoms with E-state index in [1.165, 1.54) is 12.3 Å². The highest BCUT2D eigenvalue weighted by atomic mass is 35.5. The van der Waals surface area contributed by atoms with Crippen LogP contribution in [-0.2, 0) is 26.0 Å². The Hall–Kier alpha value is -2.08. The third kappa shape index (κ3) is 7.40. The molecule has 11 heteroatoms. The highest BCUT2D eigenvalue weighted by molar-refractivity contribution is 7.88. The fourth-order valence-electron chi connectivity index (χ4n) is 6.14. The number of nitrogens with two attached hydrogens (primary N) is 1.